The number of nitrogens with one attached hydrogen (secondary N) is 1. The normalized spacial score (nSPS) is 11.4. The van der Waals surface area contributed by atoms with Crippen molar-refractivity contribution in [2.45, 2.75) is 39.5 Å². The molecule has 132 valence electrons. The Bertz CT molecular complexity index is 692. The zero-order chi connectivity index (χ0) is 18.1. The zero-order valence-electron chi connectivity index (χ0n) is 15.2. The summed E-state index contributed by atoms with van der Waals surface area (Å²) in [5.41, 5.74) is 5.73. The molecule has 4 nitrogen and oxygen atoms in total. The molecule has 2 rings (SSSR count). The predicted octanol–water partition coefficient (Wildman–Crippen LogP) is 4.51. The fourth-order valence-electron chi connectivity index (χ4n) is 2.39. The van der Waals surface area contributed by atoms with E-state index < -0.39 is 0 Å². The van der Waals surface area contributed by atoms with Crippen LogP contribution in [0.3, 0.4) is 0 Å². The summed E-state index contributed by atoms with van der Waals surface area (Å²) in [6.45, 7) is 6.31. The number of hydrogen-bond donors (Lipinski definition) is 1. The average molecular weight is 338 g/mol. The minimum Gasteiger partial charge on any atom is -0.484 e. The van der Waals surface area contributed by atoms with Crippen molar-refractivity contribution in [2.75, 3.05) is 6.61 Å². The molecule has 0 atom stereocenters. The van der Waals surface area contributed by atoms with Crippen molar-refractivity contribution >= 4 is 11.6 Å². The molecule has 4 heteroatoms. The molecule has 0 aliphatic rings. The molecule has 2 aromatic carbocycles. The fraction of sp³-hybridized carbons (Fsp3) is 0.333. The van der Waals surface area contributed by atoms with Gasteiger partial charge in [-0.1, -0.05) is 69.7 Å². The number of carbonyl (C=O) groups is 1. The molecule has 1 N–H and O–H groups in total. The van der Waals surface area contributed by atoms with Gasteiger partial charge in [0.1, 0.15) is 5.75 Å². The van der Waals surface area contributed by atoms with Gasteiger partial charge in [0, 0.05) is 0 Å². The molecule has 0 aliphatic carbocycles. The highest BCUT2D eigenvalue weighted by molar-refractivity contribution is 6.01. The molecule has 0 fully saturated rings. The first-order valence-electron chi connectivity index (χ1n) is 8.73. The Balaban J connectivity index is 1.90. The highest BCUT2D eigenvalue weighted by Gasteiger charge is 2.06. The molecule has 0 unspecified atom stereocenters. The molecule has 0 heterocycles. The van der Waals surface area contributed by atoms with E-state index in [1.165, 1.54) is 5.56 Å². The summed E-state index contributed by atoms with van der Waals surface area (Å²) in [7, 11) is 0. The maximum Gasteiger partial charge on any atom is 0.277 e. The van der Waals surface area contributed by atoms with Gasteiger partial charge in [-0.25, -0.2) is 5.43 Å². The molecule has 1 amide bonds. The Kier molecular flexibility index (Phi) is 7.20. The van der Waals surface area contributed by atoms with E-state index in [2.05, 4.69) is 31.3 Å². The van der Waals surface area contributed by atoms with Crippen molar-refractivity contribution in [3.63, 3.8) is 0 Å². The van der Waals surface area contributed by atoms with E-state index in [1.54, 1.807) is 0 Å². The number of hydrazone groups is 1. The third-order valence-corrected chi connectivity index (χ3v) is 3.83. The van der Waals surface area contributed by atoms with E-state index in [0.29, 0.717) is 11.7 Å². The number of amides is 1. The van der Waals surface area contributed by atoms with E-state index in [9.17, 15) is 4.79 Å². The SMILES string of the molecule is CCCC(=NNC(=O)COc1ccc(C(C)C)cc1)c1ccccc1. The van der Waals surface area contributed by atoms with Gasteiger partial charge in [-0.05, 0) is 35.6 Å². The summed E-state index contributed by atoms with van der Waals surface area (Å²) in [5, 5.41) is 4.27. The standard InChI is InChI=1S/C21H26N2O2/c1-4-8-20(18-9-6-5-7-10-18)22-23-21(24)15-25-19-13-11-17(12-14-19)16(2)3/h5-7,9-14,16H,4,8,15H2,1-3H3,(H,23,24). The van der Waals surface area contributed by atoms with Crippen LogP contribution in [0.1, 0.15) is 50.7 Å². The van der Waals surface area contributed by atoms with E-state index in [-0.39, 0.29) is 12.5 Å². The van der Waals surface area contributed by atoms with Crippen LogP contribution in [0.5, 0.6) is 5.75 Å². The lowest BCUT2D eigenvalue weighted by Gasteiger charge is -2.09. The highest BCUT2D eigenvalue weighted by Crippen LogP contribution is 2.18. The largest absolute Gasteiger partial charge is 0.484 e. The summed E-state index contributed by atoms with van der Waals surface area (Å²) in [4.78, 5) is 12.0. The number of hydrogen-bond acceptors (Lipinski definition) is 3. The Labute approximate surface area is 149 Å². The van der Waals surface area contributed by atoms with Gasteiger partial charge in [0.05, 0.1) is 5.71 Å². The van der Waals surface area contributed by atoms with Crippen molar-refractivity contribution < 1.29 is 9.53 Å². The monoisotopic (exact) mass is 338 g/mol. The first kappa shape index (κ1) is 18.7. The lowest BCUT2D eigenvalue weighted by Crippen LogP contribution is -2.26. The van der Waals surface area contributed by atoms with Crippen LogP contribution in [-0.2, 0) is 4.79 Å². The van der Waals surface area contributed by atoms with Crippen LogP contribution in [0.25, 0.3) is 0 Å². The highest BCUT2D eigenvalue weighted by atomic mass is 16.5. The zero-order valence-corrected chi connectivity index (χ0v) is 15.2. The molecule has 25 heavy (non-hydrogen) atoms. The number of ether oxygens (including phenoxy) is 1. The van der Waals surface area contributed by atoms with Crippen LogP contribution in [0.4, 0.5) is 0 Å². The van der Waals surface area contributed by atoms with Crippen LogP contribution in [0.2, 0.25) is 0 Å². The summed E-state index contributed by atoms with van der Waals surface area (Å²) < 4.78 is 5.52. The van der Waals surface area contributed by atoms with Crippen molar-refractivity contribution in [1.82, 2.24) is 5.43 Å². The number of nitrogens with zero attached hydrogens (tertiary/aromatic N) is 1. The second kappa shape index (κ2) is 9.62. The van der Waals surface area contributed by atoms with Crippen molar-refractivity contribution in [2.24, 2.45) is 5.10 Å². The van der Waals surface area contributed by atoms with E-state index >= 15 is 0 Å². The molecular weight excluding hydrogens is 312 g/mol. The molecular formula is C21H26N2O2. The van der Waals surface area contributed by atoms with Gasteiger partial charge in [0.25, 0.3) is 5.91 Å². The minimum absolute atomic E-state index is 0.0568. The number of rotatable bonds is 8. The molecule has 0 aliphatic heterocycles. The lowest BCUT2D eigenvalue weighted by atomic mass is 10.0. The first-order valence-corrected chi connectivity index (χ1v) is 8.73. The van der Waals surface area contributed by atoms with Gasteiger partial charge < -0.3 is 4.74 Å². The number of benzene rings is 2. The van der Waals surface area contributed by atoms with Crippen LogP contribution < -0.4 is 10.2 Å². The third kappa shape index (κ3) is 6.07. The minimum atomic E-state index is -0.266. The van der Waals surface area contributed by atoms with Gasteiger partial charge in [-0.3, -0.25) is 4.79 Å². The Hall–Kier alpha value is -2.62. The summed E-state index contributed by atoms with van der Waals surface area (Å²) in [5.74, 6) is 0.888. The maximum atomic E-state index is 12.0. The van der Waals surface area contributed by atoms with E-state index in [1.807, 2.05) is 54.6 Å². The van der Waals surface area contributed by atoms with Crippen molar-refractivity contribution in [3.8, 4) is 5.75 Å². The molecule has 0 saturated heterocycles. The van der Waals surface area contributed by atoms with Crippen LogP contribution >= 0.6 is 0 Å². The Morgan fingerprint density at radius 2 is 1.76 bits per heavy atom. The quantitative estimate of drug-likeness (QED) is 0.569. The Morgan fingerprint density at radius 1 is 1.08 bits per heavy atom. The lowest BCUT2D eigenvalue weighted by molar-refractivity contribution is -0.123. The van der Waals surface area contributed by atoms with E-state index in [0.717, 1.165) is 24.1 Å². The topological polar surface area (TPSA) is 50.7 Å². The maximum absolute atomic E-state index is 12.0. The number of carbonyl (C=O) groups excluding carboxylic acids is 1. The van der Waals surface area contributed by atoms with Gasteiger partial charge in [0.2, 0.25) is 0 Å². The summed E-state index contributed by atoms with van der Waals surface area (Å²) in [6, 6.07) is 17.7. The van der Waals surface area contributed by atoms with Crippen molar-refractivity contribution in [1.29, 1.82) is 0 Å². The molecule has 2 aromatic rings. The third-order valence-electron chi connectivity index (χ3n) is 3.83. The van der Waals surface area contributed by atoms with Crippen LogP contribution in [0.15, 0.2) is 59.7 Å². The molecule has 0 spiro atoms. The molecule has 0 aromatic heterocycles. The molecule has 0 radical (unpaired) electrons. The smallest absolute Gasteiger partial charge is 0.277 e. The predicted molar refractivity (Wildman–Crippen MR) is 102 cm³/mol. The fourth-order valence-corrected chi connectivity index (χ4v) is 2.39. The van der Waals surface area contributed by atoms with Crippen LogP contribution in [0, 0.1) is 0 Å². The van der Waals surface area contributed by atoms with Gasteiger partial charge in [-0.15, -0.1) is 0 Å². The Morgan fingerprint density at radius 3 is 2.36 bits per heavy atom. The van der Waals surface area contributed by atoms with Crippen molar-refractivity contribution in [3.05, 3.63) is 65.7 Å². The van der Waals surface area contributed by atoms with E-state index in [4.69, 9.17) is 4.74 Å². The molecule has 0 saturated carbocycles. The second-order valence-corrected chi connectivity index (χ2v) is 6.22. The molecule has 0 bridgehead atoms. The average Bonchev–Trinajstić information content (AvgIpc) is 2.64. The summed E-state index contributed by atoms with van der Waals surface area (Å²) >= 11 is 0. The summed E-state index contributed by atoms with van der Waals surface area (Å²) in [6.07, 6.45) is 1.77. The van der Waals surface area contributed by atoms with Crippen LogP contribution in [-0.4, -0.2) is 18.2 Å². The van der Waals surface area contributed by atoms with Gasteiger partial charge in [-0.2, -0.15) is 5.10 Å². The van der Waals surface area contributed by atoms with Gasteiger partial charge >= 0.3 is 0 Å². The van der Waals surface area contributed by atoms with Gasteiger partial charge in [0.15, 0.2) is 6.61 Å². The first-order chi connectivity index (χ1) is 12.1. The second-order valence-electron chi connectivity index (χ2n) is 6.22.